The van der Waals surface area contributed by atoms with Gasteiger partial charge in [0.05, 0.1) is 7.11 Å². The maximum Gasteiger partial charge on any atom is 0.255 e. The highest BCUT2D eigenvalue weighted by atomic mass is 32.2. The van der Waals surface area contributed by atoms with Crippen LogP contribution in [0.25, 0.3) is 0 Å². The number of rotatable bonds is 7. The predicted molar refractivity (Wildman–Crippen MR) is 120 cm³/mol. The van der Waals surface area contributed by atoms with Crippen molar-refractivity contribution < 1.29 is 22.7 Å². The van der Waals surface area contributed by atoms with Crippen molar-refractivity contribution in [1.29, 1.82) is 0 Å². The Morgan fingerprint density at radius 2 is 1.61 bits per heavy atom. The Labute approximate surface area is 183 Å². The van der Waals surface area contributed by atoms with E-state index in [2.05, 4.69) is 15.4 Å². The van der Waals surface area contributed by atoms with Crippen molar-refractivity contribution in [2.24, 2.45) is 0 Å². The molecule has 9 heteroatoms. The summed E-state index contributed by atoms with van der Waals surface area (Å²) in [5.74, 6) is -0.627. The molecule has 0 aromatic heterocycles. The van der Waals surface area contributed by atoms with Crippen LogP contribution in [0.5, 0.6) is 5.75 Å². The number of amides is 2. The minimum Gasteiger partial charge on any atom is -0.495 e. The van der Waals surface area contributed by atoms with Crippen molar-refractivity contribution in [3.05, 3.63) is 53.1 Å². The number of aryl methyl sites for hydroxylation is 1. The third-order valence-electron chi connectivity index (χ3n) is 4.24. The van der Waals surface area contributed by atoms with Gasteiger partial charge in [0.1, 0.15) is 10.6 Å². The molecule has 0 aliphatic rings. The number of sulfonamides is 1. The fourth-order valence-electron chi connectivity index (χ4n) is 2.84. The van der Waals surface area contributed by atoms with Crippen molar-refractivity contribution in [3.8, 4) is 5.75 Å². The molecule has 0 fully saturated rings. The molecule has 0 unspecified atom stereocenters. The van der Waals surface area contributed by atoms with Gasteiger partial charge in [-0.2, -0.15) is 0 Å². The third-order valence-corrected chi connectivity index (χ3v) is 6.02. The van der Waals surface area contributed by atoms with Crippen LogP contribution < -0.4 is 20.1 Å². The molecule has 0 saturated heterocycles. The number of nitrogens with one attached hydrogen (secondary N) is 3. The molecular formula is C22H29N3O5S. The Morgan fingerprint density at radius 3 is 2.19 bits per heavy atom. The summed E-state index contributed by atoms with van der Waals surface area (Å²) < 4.78 is 33.4. The van der Waals surface area contributed by atoms with E-state index in [0.29, 0.717) is 17.8 Å². The van der Waals surface area contributed by atoms with Crippen molar-refractivity contribution in [3.63, 3.8) is 0 Å². The van der Waals surface area contributed by atoms with Gasteiger partial charge < -0.3 is 15.4 Å². The maximum atomic E-state index is 12.9. The largest absolute Gasteiger partial charge is 0.495 e. The Morgan fingerprint density at radius 1 is 1.00 bits per heavy atom. The lowest BCUT2D eigenvalue weighted by molar-refractivity contribution is 0.0954. The number of benzene rings is 2. The molecule has 0 heterocycles. The lowest BCUT2D eigenvalue weighted by Crippen LogP contribution is -2.40. The summed E-state index contributed by atoms with van der Waals surface area (Å²) >= 11 is 0. The zero-order chi connectivity index (χ0) is 23.4. The molecule has 0 atom stereocenters. The van der Waals surface area contributed by atoms with Crippen LogP contribution in [0.2, 0.25) is 0 Å². The summed E-state index contributed by atoms with van der Waals surface area (Å²) in [4.78, 5) is 24.8. The fourth-order valence-corrected chi connectivity index (χ4v) is 4.46. The second-order valence-corrected chi connectivity index (χ2v) is 9.72. The molecule has 0 aliphatic heterocycles. The van der Waals surface area contributed by atoms with Crippen molar-refractivity contribution >= 4 is 27.5 Å². The fraction of sp³-hybridized carbons (Fsp3) is 0.364. The number of hydrogen-bond donors (Lipinski definition) is 3. The monoisotopic (exact) mass is 447 g/mol. The second kappa shape index (κ2) is 9.49. The molecule has 8 nitrogen and oxygen atoms in total. The zero-order valence-electron chi connectivity index (χ0n) is 18.6. The first-order valence-corrected chi connectivity index (χ1v) is 11.3. The van der Waals surface area contributed by atoms with E-state index in [1.807, 2.05) is 6.92 Å². The quantitative estimate of drug-likeness (QED) is 0.604. The number of ether oxygens (including phenoxy) is 1. The van der Waals surface area contributed by atoms with Gasteiger partial charge in [-0.05, 0) is 70.5 Å². The van der Waals surface area contributed by atoms with Gasteiger partial charge in [-0.25, -0.2) is 13.1 Å². The SMILES string of the molecule is CCNC(=O)c1ccc(C)c(NC(=O)c2ccc(OC)c(S(=O)(=O)NC(C)(C)C)c2)c1. The van der Waals surface area contributed by atoms with Crippen LogP contribution in [0.15, 0.2) is 41.3 Å². The number of hydrogen-bond acceptors (Lipinski definition) is 5. The summed E-state index contributed by atoms with van der Waals surface area (Å²) in [6.07, 6.45) is 0. The molecule has 31 heavy (non-hydrogen) atoms. The van der Waals surface area contributed by atoms with Gasteiger partial charge >= 0.3 is 0 Å². The number of carbonyl (C=O) groups excluding carboxylic acids is 2. The van der Waals surface area contributed by atoms with Crippen LogP contribution in [0.3, 0.4) is 0 Å². The van der Waals surface area contributed by atoms with Crippen LogP contribution in [-0.4, -0.2) is 39.4 Å². The Bertz CT molecular complexity index is 1090. The van der Waals surface area contributed by atoms with E-state index in [1.54, 1.807) is 45.9 Å². The summed E-state index contributed by atoms with van der Waals surface area (Å²) in [6.45, 7) is 9.26. The van der Waals surface area contributed by atoms with Crippen molar-refractivity contribution in [2.45, 2.75) is 45.1 Å². The Kier molecular flexibility index (Phi) is 7.45. The van der Waals surface area contributed by atoms with E-state index < -0.39 is 21.5 Å². The number of methoxy groups -OCH3 is 1. The second-order valence-electron chi connectivity index (χ2n) is 8.06. The summed E-state index contributed by atoms with van der Waals surface area (Å²) in [6, 6.07) is 9.17. The molecule has 168 valence electrons. The first-order valence-electron chi connectivity index (χ1n) is 9.80. The predicted octanol–water partition coefficient (Wildman–Crippen LogP) is 3.08. The van der Waals surface area contributed by atoms with Gasteiger partial charge in [-0.3, -0.25) is 9.59 Å². The average Bonchev–Trinajstić information content (AvgIpc) is 2.67. The van der Waals surface area contributed by atoms with Crippen LogP contribution in [0.4, 0.5) is 5.69 Å². The topological polar surface area (TPSA) is 114 Å². The molecule has 0 aliphatic carbocycles. The smallest absolute Gasteiger partial charge is 0.255 e. The van der Waals surface area contributed by atoms with Crippen LogP contribution in [0.1, 0.15) is 54.0 Å². The first-order chi connectivity index (χ1) is 14.4. The lowest BCUT2D eigenvalue weighted by Gasteiger charge is -2.21. The van der Waals surface area contributed by atoms with E-state index in [1.165, 1.54) is 25.3 Å². The maximum absolute atomic E-state index is 12.9. The molecule has 2 aromatic carbocycles. The zero-order valence-corrected chi connectivity index (χ0v) is 19.4. The Balaban J connectivity index is 2.39. The van der Waals surface area contributed by atoms with Crippen LogP contribution in [-0.2, 0) is 10.0 Å². The highest BCUT2D eigenvalue weighted by Gasteiger charge is 2.26. The van der Waals surface area contributed by atoms with E-state index in [0.717, 1.165) is 5.56 Å². The molecule has 0 radical (unpaired) electrons. The number of anilines is 1. The van der Waals surface area contributed by atoms with E-state index >= 15 is 0 Å². The molecule has 0 bridgehead atoms. The Hall–Kier alpha value is -2.91. The molecular weight excluding hydrogens is 418 g/mol. The van der Waals surface area contributed by atoms with Gasteiger partial charge in [-0.15, -0.1) is 0 Å². The van der Waals surface area contributed by atoms with Crippen LogP contribution in [0, 0.1) is 6.92 Å². The van der Waals surface area contributed by atoms with Gasteiger partial charge in [0.15, 0.2) is 0 Å². The summed E-state index contributed by atoms with van der Waals surface area (Å²) in [5, 5.41) is 5.46. The molecule has 2 aromatic rings. The standard InChI is InChI=1S/C22H29N3O5S/c1-7-23-20(26)15-9-8-14(2)17(12-15)24-21(27)16-10-11-18(30-6)19(13-16)31(28,29)25-22(3,4)5/h8-13,25H,7H2,1-6H3,(H,23,26)(H,24,27). The molecule has 2 rings (SSSR count). The van der Waals surface area contributed by atoms with E-state index in [-0.39, 0.29) is 22.1 Å². The third kappa shape index (κ3) is 6.28. The molecule has 3 N–H and O–H groups in total. The van der Waals surface area contributed by atoms with E-state index in [9.17, 15) is 18.0 Å². The van der Waals surface area contributed by atoms with Crippen molar-refractivity contribution in [1.82, 2.24) is 10.0 Å². The first kappa shape index (κ1) is 24.4. The van der Waals surface area contributed by atoms with E-state index in [4.69, 9.17) is 4.74 Å². The van der Waals surface area contributed by atoms with Gasteiger partial charge in [0.2, 0.25) is 10.0 Å². The summed E-state index contributed by atoms with van der Waals surface area (Å²) in [7, 11) is -2.57. The normalized spacial score (nSPS) is 11.7. The minimum absolute atomic E-state index is 0.128. The number of carbonyl (C=O) groups is 2. The van der Waals surface area contributed by atoms with Gasteiger partial charge in [-0.1, -0.05) is 6.07 Å². The van der Waals surface area contributed by atoms with Crippen LogP contribution >= 0.6 is 0 Å². The van der Waals surface area contributed by atoms with Gasteiger partial charge in [0.25, 0.3) is 11.8 Å². The molecule has 0 spiro atoms. The highest BCUT2D eigenvalue weighted by Crippen LogP contribution is 2.27. The minimum atomic E-state index is -3.93. The van der Waals surface area contributed by atoms with Gasteiger partial charge in [0, 0.05) is 28.9 Å². The molecule has 2 amide bonds. The summed E-state index contributed by atoms with van der Waals surface area (Å²) in [5.41, 5.74) is 1.06. The molecule has 0 saturated carbocycles. The van der Waals surface area contributed by atoms with Crippen molar-refractivity contribution in [2.75, 3.05) is 19.0 Å². The average molecular weight is 448 g/mol. The lowest BCUT2D eigenvalue weighted by atomic mass is 10.1. The highest BCUT2D eigenvalue weighted by molar-refractivity contribution is 7.89.